The lowest BCUT2D eigenvalue weighted by atomic mass is 9.97. The normalized spacial score (nSPS) is 11.7. The molecule has 0 N–H and O–H groups in total. The fourth-order valence-electron chi connectivity index (χ4n) is 7.40. The van der Waals surface area contributed by atoms with E-state index in [-0.39, 0.29) is 0 Å². The molecule has 0 radical (unpaired) electrons. The molecule has 0 aliphatic carbocycles. The zero-order chi connectivity index (χ0) is 32.3. The van der Waals surface area contributed by atoms with Crippen molar-refractivity contribution >= 4 is 81.3 Å². The molecule has 0 aliphatic heterocycles. The summed E-state index contributed by atoms with van der Waals surface area (Å²) in [5.74, 6) is 0. The summed E-state index contributed by atoms with van der Waals surface area (Å²) >= 11 is 1.85. The lowest BCUT2D eigenvalue weighted by Crippen LogP contribution is -2.10. The summed E-state index contributed by atoms with van der Waals surface area (Å²) in [5, 5.41) is 7.36. The van der Waals surface area contributed by atoms with Gasteiger partial charge in [-0.2, -0.15) is 0 Å². The van der Waals surface area contributed by atoms with Gasteiger partial charge in [0, 0.05) is 48.0 Å². The molecule has 0 saturated heterocycles. The number of fused-ring (bicyclic) bond motifs is 7. The van der Waals surface area contributed by atoms with Crippen LogP contribution in [0.3, 0.4) is 0 Å². The minimum atomic E-state index is 0.903. The molecule has 2 heterocycles. The standard InChI is InChI=1S/C46H29NOS/c1-2-14-36-30(10-1)11-8-17-37(36)31-22-24-33(25-23-31)47(35-26-27-45-41(29-35)39-15-4-6-21-44(39)49-45)34-13-7-12-32(28-34)38-18-9-20-43-46(38)40-16-3-5-19-42(40)48-43/h1-29H. The molecule has 2 nitrogen and oxygen atoms in total. The molecule has 0 aliphatic rings. The fraction of sp³-hybridized carbons (Fsp3) is 0. The SMILES string of the molecule is c1cc(-c2cccc3oc4ccccc4c23)cc(N(c2ccc(-c3cccc4ccccc34)cc2)c2ccc3sc4ccccc4c3c2)c1. The van der Waals surface area contributed by atoms with Gasteiger partial charge in [0.15, 0.2) is 0 Å². The molecule has 49 heavy (non-hydrogen) atoms. The Morgan fingerprint density at radius 2 is 1.04 bits per heavy atom. The van der Waals surface area contributed by atoms with Gasteiger partial charge in [-0.3, -0.25) is 0 Å². The van der Waals surface area contributed by atoms with Gasteiger partial charge in [0.25, 0.3) is 0 Å². The summed E-state index contributed by atoms with van der Waals surface area (Å²) in [6.07, 6.45) is 0. The lowest BCUT2D eigenvalue weighted by Gasteiger charge is -2.26. The Bertz CT molecular complexity index is 2840. The van der Waals surface area contributed by atoms with Gasteiger partial charge in [0.1, 0.15) is 11.2 Å². The number of benzene rings is 8. The molecule has 230 valence electrons. The van der Waals surface area contributed by atoms with Crippen LogP contribution in [-0.2, 0) is 0 Å². The van der Waals surface area contributed by atoms with Crippen molar-refractivity contribution in [2.75, 3.05) is 4.90 Å². The summed E-state index contributed by atoms with van der Waals surface area (Å²) in [5.41, 5.74) is 9.88. The molecule has 0 amide bonds. The van der Waals surface area contributed by atoms with Gasteiger partial charge in [-0.05, 0) is 93.7 Å². The summed E-state index contributed by atoms with van der Waals surface area (Å²) in [7, 11) is 0. The fourth-order valence-corrected chi connectivity index (χ4v) is 8.48. The maximum Gasteiger partial charge on any atom is 0.136 e. The van der Waals surface area contributed by atoms with Crippen LogP contribution >= 0.6 is 11.3 Å². The second kappa shape index (κ2) is 11.2. The Morgan fingerprint density at radius 3 is 1.96 bits per heavy atom. The molecule has 2 aromatic heterocycles. The minimum absolute atomic E-state index is 0.903. The van der Waals surface area contributed by atoms with Crippen molar-refractivity contribution in [3.8, 4) is 22.3 Å². The molecule has 0 bridgehead atoms. The molecule has 8 aromatic carbocycles. The first-order valence-corrected chi connectivity index (χ1v) is 17.4. The Labute approximate surface area is 287 Å². The third-order valence-electron chi connectivity index (χ3n) is 9.66. The molecule has 0 spiro atoms. The van der Waals surface area contributed by atoms with Crippen LogP contribution in [0.5, 0.6) is 0 Å². The van der Waals surface area contributed by atoms with Crippen LogP contribution in [0.25, 0.3) is 75.1 Å². The Morgan fingerprint density at radius 1 is 0.388 bits per heavy atom. The van der Waals surface area contributed by atoms with Crippen LogP contribution in [0.15, 0.2) is 180 Å². The predicted molar refractivity (Wildman–Crippen MR) is 210 cm³/mol. The van der Waals surface area contributed by atoms with E-state index in [1.807, 2.05) is 23.5 Å². The number of hydrogen-bond donors (Lipinski definition) is 0. The molecule has 0 saturated carbocycles. The van der Waals surface area contributed by atoms with E-state index in [1.54, 1.807) is 0 Å². The number of thiophene rings is 1. The number of rotatable bonds is 5. The highest BCUT2D eigenvalue weighted by Gasteiger charge is 2.18. The monoisotopic (exact) mass is 643 g/mol. The van der Waals surface area contributed by atoms with Crippen LogP contribution in [0.2, 0.25) is 0 Å². The molecular weight excluding hydrogens is 615 g/mol. The van der Waals surface area contributed by atoms with Gasteiger partial charge in [-0.25, -0.2) is 0 Å². The van der Waals surface area contributed by atoms with Gasteiger partial charge in [-0.15, -0.1) is 11.3 Å². The molecule has 0 unspecified atom stereocenters. The highest BCUT2D eigenvalue weighted by molar-refractivity contribution is 7.25. The Balaban J connectivity index is 1.15. The van der Waals surface area contributed by atoms with E-state index >= 15 is 0 Å². The van der Waals surface area contributed by atoms with Crippen molar-refractivity contribution < 1.29 is 4.42 Å². The minimum Gasteiger partial charge on any atom is -0.456 e. The second-order valence-electron chi connectivity index (χ2n) is 12.5. The molecular formula is C46H29NOS. The van der Waals surface area contributed by atoms with Crippen molar-refractivity contribution in [3.63, 3.8) is 0 Å². The van der Waals surface area contributed by atoms with Crippen LogP contribution in [0.4, 0.5) is 17.1 Å². The topological polar surface area (TPSA) is 16.4 Å². The van der Waals surface area contributed by atoms with Crippen LogP contribution in [0, 0.1) is 0 Å². The number of para-hydroxylation sites is 1. The van der Waals surface area contributed by atoms with Crippen LogP contribution in [0.1, 0.15) is 0 Å². The highest BCUT2D eigenvalue weighted by atomic mass is 32.1. The highest BCUT2D eigenvalue weighted by Crippen LogP contribution is 2.43. The lowest BCUT2D eigenvalue weighted by molar-refractivity contribution is 0.669. The zero-order valence-electron chi connectivity index (χ0n) is 26.5. The Hall–Kier alpha value is -6.16. The van der Waals surface area contributed by atoms with Crippen molar-refractivity contribution in [3.05, 3.63) is 176 Å². The van der Waals surface area contributed by atoms with Crippen molar-refractivity contribution in [1.82, 2.24) is 0 Å². The molecule has 10 rings (SSSR count). The molecule has 0 fully saturated rings. The van der Waals surface area contributed by atoms with E-state index in [1.165, 1.54) is 42.1 Å². The summed E-state index contributed by atoms with van der Waals surface area (Å²) < 4.78 is 8.87. The summed E-state index contributed by atoms with van der Waals surface area (Å²) in [6, 6.07) is 63.3. The van der Waals surface area contributed by atoms with Crippen LogP contribution < -0.4 is 4.90 Å². The smallest absolute Gasteiger partial charge is 0.136 e. The van der Waals surface area contributed by atoms with Gasteiger partial charge in [0.2, 0.25) is 0 Å². The van der Waals surface area contributed by atoms with E-state index in [9.17, 15) is 0 Å². The number of anilines is 3. The van der Waals surface area contributed by atoms with Gasteiger partial charge >= 0.3 is 0 Å². The third kappa shape index (κ3) is 4.62. The van der Waals surface area contributed by atoms with E-state index in [0.29, 0.717) is 0 Å². The molecule has 10 aromatic rings. The van der Waals surface area contributed by atoms with E-state index < -0.39 is 0 Å². The van der Waals surface area contributed by atoms with E-state index in [2.05, 4.69) is 169 Å². The van der Waals surface area contributed by atoms with Crippen LogP contribution in [-0.4, -0.2) is 0 Å². The average Bonchev–Trinajstić information content (AvgIpc) is 3.73. The van der Waals surface area contributed by atoms with Gasteiger partial charge in [0.05, 0.1) is 0 Å². The van der Waals surface area contributed by atoms with E-state index in [0.717, 1.165) is 50.1 Å². The van der Waals surface area contributed by atoms with Crippen molar-refractivity contribution in [2.24, 2.45) is 0 Å². The molecule has 3 heteroatoms. The summed E-state index contributed by atoms with van der Waals surface area (Å²) in [4.78, 5) is 2.38. The molecule has 0 atom stereocenters. The first-order valence-electron chi connectivity index (χ1n) is 16.6. The maximum atomic E-state index is 6.26. The zero-order valence-corrected chi connectivity index (χ0v) is 27.3. The Kier molecular flexibility index (Phi) is 6.39. The van der Waals surface area contributed by atoms with Gasteiger partial charge in [-0.1, -0.05) is 115 Å². The number of furan rings is 1. The van der Waals surface area contributed by atoms with Crippen molar-refractivity contribution in [1.29, 1.82) is 0 Å². The summed E-state index contributed by atoms with van der Waals surface area (Å²) in [6.45, 7) is 0. The second-order valence-corrected chi connectivity index (χ2v) is 13.6. The van der Waals surface area contributed by atoms with Gasteiger partial charge < -0.3 is 9.32 Å². The third-order valence-corrected chi connectivity index (χ3v) is 10.8. The predicted octanol–water partition coefficient (Wildman–Crippen LogP) is 13.9. The quantitative estimate of drug-likeness (QED) is 0.186. The number of hydrogen-bond acceptors (Lipinski definition) is 3. The van der Waals surface area contributed by atoms with Crippen molar-refractivity contribution in [2.45, 2.75) is 0 Å². The first-order chi connectivity index (χ1) is 24.3. The van der Waals surface area contributed by atoms with E-state index in [4.69, 9.17) is 4.42 Å². The first kappa shape index (κ1) is 27.9. The number of nitrogens with zero attached hydrogens (tertiary/aromatic N) is 1. The average molecular weight is 644 g/mol. The maximum absolute atomic E-state index is 6.26. The largest absolute Gasteiger partial charge is 0.456 e.